The average Bonchev–Trinajstić information content (AvgIpc) is 2.65. The number of hydrogen-bond donors (Lipinski definition) is 1. The van der Waals surface area contributed by atoms with E-state index in [4.69, 9.17) is 9.47 Å². The minimum atomic E-state index is -0.0843. The first-order valence-corrected chi connectivity index (χ1v) is 10.6. The quantitative estimate of drug-likeness (QED) is 0.683. The van der Waals surface area contributed by atoms with E-state index in [0.717, 1.165) is 32.5 Å². The number of likely N-dealkylation sites (tertiary alicyclic amines) is 1. The maximum absolute atomic E-state index is 12.7. The van der Waals surface area contributed by atoms with Crippen molar-refractivity contribution >= 4 is 5.91 Å². The molecule has 0 spiro atoms. The van der Waals surface area contributed by atoms with Gasteiger partial charge in [0.1, 0.15) is 6.10 Å². The highest BCUT2D eigenvalue weighted by Gasteiger charge is 2.24. The average molecular weight is 406 g/mol. The van der Waals surface area contributed by atoms with Gasteiger partial charge in [-0.3, -0.25) is 4.79 Å². The molecule has 0 bridgehead atoms. The van der Waals surface area contributed by atoms with Gasteiger partial charge in [-0.25, -0.2) is 0 Å². The van der Waals surface area contributed by atoms with Crippen LogP contribution in [0.4, 0.5) is 0 Å². The standard InChI is InChI=1S/C23H39N3O3/c1-17(2)26-12-10-19(11-13-26)29-21-14-18(8-9-20(21)28-7)22(27)24-15-23(3,4)16-25(5)6/h8-9,14,17,19H,10-13,15-16H2,1-7H3,(H,24,27). The molecule has 1 aromatic rings. The Morgan fingerprint density at radius 2 is 1.90 bits per heavy atom. The molecule has 0 unspecified atom stereocenters. The van der Waals surface area contributed by atoms with Crippen LogP contribution in [0.25, 0.3) is 0 Å². The number of amides is 1. The van der Waals surface area contributed by atoms with Crippen molar-refractivity contribution < 1.29 is 14.3 Å². The second-order valence-corrected chi connectivity index (χ2v) is 9.40. The predicted octanol–water partition coefficient (Wildman–Crippen LogP) is 3.26. The number of nitrogens with one attached hydrogen (secondary N) is 1. The predicted molar refractivity (Wildman–Crippen MR) is 118 cm³/mol. The van der Waals surface area contributed by atoms with Crippen molar-refractivity contribution in [3.05, 3.63) is 23.8 Å². The molecule has 1 amide bonds. The lowest BCUT2D eigenvalue weighted by molar-refractivity contribution is 0.0818. The van der Waals surface area contributed by atoms with Crippen LogP contribution in [-0.4, -0.2) is 75.2 Å². The Hall–Kier alpha value is -1.79. The van der Waals surface area contributed by atoms with Crippen LogP contribution in [0, 0.1) is 5.41 Å². The largest absolute Gasteiger partial charge is 0.493 e. The zero-order valence-electron chi connectivity index (χ0n) is 19.2. The molecule has 164 valence electrons. The lowest BCUT2D eigenvalue weighted by Crippen LogP contribution is -2.41. The third-order valence-corrected chi connectivity index (χ3v) is 5.40. The van der Waals surface area contributed by atoms with Crippen molar-refractivity contribution in [2.24, 2.45) is 5.41 Å². The monoisotopic (exact) mass is 405 g/mol. The van der Waals surface area contributed by atoms with Crippen LogP contribution in [0.15, 0.2) is 18.2 Å². The molecule has 0 radical (unpaired) electrons. The van der Waals surface area contributed by atoms with Crippen molar-refractivity contribution in [3.63, 3.8) is 0 Å². The van der Waals surface area contributed by atoms with E-state index in [1.807, 2.05) is 26.2 Å². The number of piperidine rings is 1. The van der Waals surface area contributed by atoms with E-state index >= 15 is 0 Å². The Labute approximate surface area is 176 Å². The van der Waals surface area contributed by atoms with Crippen LogP contribution in [-0.2, 0) is 0 Å². The molecule has 1 aromatic carbocycles. The van der Waals surface area contributed by atoms with Crippen LogP contribution < -0.4 is 14.8 Å². The van der Waals surface area contributed by atoms with Gasteiger partial charge in [0.15, 0.2) is 11.5 Å². The zero-order chi connectivity index (χ0) is 21.6. The first kappa shape index (κ1) is 23.5. The van der Waals surface area contributed by atoms with Crippen LogP contribution >= 0.6 is 0 Å². The Morgan fingerprint density at radius 3 is 2.45 bits per heavy atom. The molecule has 1 aliphatic heterocycles. The maximum Gasteiger partial charge on any atom is 0.251 e. The van der Waals surface area contributed by atoms with E-state index in [1.54, 1.807) is 13.2 Å². The van der Waals surface area contributed by atoms with Crippen molar-refractivity contribution in [3.8, 4) is 11.5 Å². The fourth-order valence-electron chi connectivity index (χ4n) is 3.93. The number of rotatable bonds is 9. The van der Waals surface area contributed by atoms with Crippen molar-refractivity contribution in [2.45, 2.75) is 52.7 Å². The fraction of sp³-hybridized carbons (Fsp3) is 0.696. The molecule has 0 atom stereocenters. The fourth-order valence-corrected chi connectivity index (χ4v) is 3.93. The third kappa shape index (κ3) is 7.19. The van der Waals surface area contributed by atoms with E-state index in [-0.39, 0.29) is 17.4 Å². The summed E-state index contributed by atoms with van der Waals surface area (Å²) in [6.45, 7) is 12.3. The number of hydrogen-bond acceptors (Lipinski definition) is 5. The van der Waals surface area contributed by atoms with E-state index < -0.39 is 0 Å². The molecule has 6 nitrogen and oxygen atoms in total. The highest BCUT2D eigenvalue weighted by Crippen LogP contribution is 2.31. The van der Waals surface area contributed by atoms with Gasteiger partial charge in [-0.05, 0) is 64.4 Å². The SMILES string of the molecule is COc1ccc(C(=O)NCC(C)(C)CN(C)C)cc1OC1CCN(C(C)C)CC1. The third-order valence-electron chi connectivity index (χ3n) is 5.40. The molecule has 1 N–H and O–H groups in total. The summed E-state index contributed by atoms with van der Waals surface area (Å²) in [5.41, 5.74) is 0.594. The number of methoxy groups -OCH3 is 1. The van der Waals surface area contributed by atoms with Crippen LogP contribution in [0.5, 0.6) is 11.5 Å². The van der Waals surface area contributed by atoms with E-state index in [9.17, 15) is 4.79 Å². The number of carbonyl (C=O) groups is 1. The summed E-state index contributed by atoms with van der Waals surface area (Å²) in [5.74, 6) is 1.23. The van der Waals surface area contributed by atoms with Gasteiger partial charge in [0.2, 0.25) is 0 Å². The van der Waals surface area contributed by atoms with E-state index in [0.29, 0.717) is 29.6 Å². The lowest BCUT2D eigenvalue weighted by Gasteiger charge is -2.34. The van der Waals surface area contributed by atoms with Crippen molar-refractivity contribution in [1.82, 2.24) is 15.1 Å². The van der Waals surface area contributed by atoms with Crippen LogP contribution in [0.1, 0.15) is 50.9 Å². The molecular weight excluding hydrogens is 366 g/mol. The highest BCUT2D eigenvalue weighted by atomic mass is 16.5. The molecule has 0 aromatic heterocycles. The van der Waals surface area contributed by atoms with Gasteiger partial charge in [0, 0.05) is 37.8 Å². The maximum atomic E-state index is 12.7. The van der Waals surface area contributed by atoms with Gasteiger partial charge in [0.25, 0.3) is 5.91 Å². The number of ether oxygens (including phenoxy) is 2. The summed E-state index contributed by atoms with van der Waals surface area (Å²) < 4.78 is 11.7. The van der Waals surface area contributed by atoms with Crippen LogP contribution in [0.3, 0.4) is 0 Å². The Balaban J connectivity index is 2.01. The van der Waals surface area contributed by atoms with E-state index in [2.05, 4.69) is 42.8 Å². The molecular formula is C23H39N3O3. The van der Waals surface area contributed by atoms with E-state index in [1.165, 1.54) is 0 Å². The first-order chi connectivity index (χ1) is 13.6. The zero-order valence-corrected chi connectivity index (χ0v) is 19.2. The second kappa shape index (κ2) is 10.3. The molecule has 29 heavy (non-hydrogen) atoms. The van der Waals surface area contributed by atoms with Crippen molar-refractivity contribution in [1.29, 1.82) is 0 Å². The minimum Gasteiger partial charge on any atom is -0.493 e. The molecule has 1 aliphatic rings. The van der Waals surface area contributed by atoms with Gasteiger partial charge in [0.05, 0.1) is 7.11 Å². The number of carbonyl (C=O) groups excluding carboxylic acids is 1. The Morgan fingerprint density at radius 1 is 1.24 bits per heavy atom. The minimum absolute atomic E-state index is 0.00462. The van der Waals surface area contributed by atoms with Gasteiger partial charge in [-0.2, -0.15) is 0 Å². The summed E-state index contributed by atoms with van der Waals surface area (Å²) in [4.78, 5) is 17.3. The highest BCUT2D eigenvalue weighted by molar-refractivity contribution is 5.94. The lowest BCUT2D eigenvalue weighted by atomic mass is 9.93. The van der Waals surface area contributed by atoms with Gasteiger partial charge >= 0.3 is 0 Å². The Kier molecular flexibility index (Phi) is 8.34. The van der Waals surface area contributed by atoms with Crippen molar-refractivity contribution in [2.75, 3.05) is 47.4 Å². The summed E-state index contributed by atoms with van der Waals surface area (Å²) in [6.07, 6.45) is 2.11. The molecule has 2 rings (SSSR count). The molecule has 1 heterocycles. The number of benzene rings is 1. The van der Waals surface area contributed by atoms with Gasteiger partial charge in [-0.1, -0.05) is 13.8 Å². The summed E-state index contributed by atoms with van der Waals surface area (Å²) >= 11 is 0. The topological polar surface area (TPSA) is 54.0 Å². The molecule has 0 saturated carbocycles. The van der Waals surface area contributed by atoms with Gasteiger partial charge < -0.3 is 24.6 Å². The molecule has 6 heteroatoms. The van der Waals surface area contributed by atoms with Crippen LogP contribution in [0.2, 0.25) is 0 Å². The molecule has 1 saturated heterocycles. The smallest absolute Gasteiger partial charge is 0.251 e. The van der Waals surface area contributed by atoms with Gasteiger partial charge in [-0.15, -0.1) is 0 Å². The number of nitrogens with zero attached hydrogens (tertiary/aromatic N) is 2. The normalized spacial score (nSPS) is 16.3. The second-order valence-electron chi connectivity index (χ2n) is 9.40. The molecule has 0 aliphatic carbocycles. The summed E-state index contributed by atoms with van der Waals surface area (Å²) in [5, 5.41) is 3.06. The Bertz CT molecular complexity index is 665. The first-order valence-electron chi connectivity index (χ1n) is 10.6. The molecule has 1 fully saturated rings. The summed E-state index contributed by atoms with van der Waals surface area (Å²) in [6, 6.07) is 5.98. The summed E-state index contributed by atoms with van der Waals surface area (Å²) in [7, 11) is 5.72.